The maximum absolute atomic E-state index is 11.4. The molecule has 0 atom stereocenters. The molecular weight excluding hydrogens is 196 g/mol. The van der Waals surface area contributed by atoms with Crippen LogP contribution in [0.4, 0.5) is 0 Å². The van der Waals surface area contributed by atoms with Gasteiger partial charge in [-0.15, -0.1) is 0 Å². The first-order valence-corrected chi connectivity index (χ1v) is 4.74. The molecule has 1 aromatic rings. The van der Waals surface area contributed by atoms with Gasteiger partial charge in [-0.1, -0.05) is 0 Å². The number of aromatic nitrogens is 2. The highest BCUT2D eigenvalue weighted by Crippen LogP contribution is 2.07. The zero-order valence-corrected chi connectivity index (χ0v) is 9.11. The lowest BCUT2D eigenvalue weighted by atomic mass is 10.3. The molecule has 5 nitrogen and oxygen atoms in total. The summed E-state index contributed by atoms with van der Waals surface area (Å²) in [6, 6.07) is 0. The minimum atomic E-state index is -0.447. The molecule has 0 aliphatic heterocycles. The van der Waals surface area contributed by atoms with Crippen LogP contribution in [0.25, 0.3) is 0 Å². The van der Waals surface area contributed by atoms with Crippen molar-refractivity contribution in [2.75, 3.05) is 6.61 Å². The van der Waals surface area contributed by atoms with Crippen LogP contribution >= 0.6 is 0 Å². The van der Waals surface area contributed by atoms with Gasteiger partial charge in [0.15, 0.2) is 5.69 Å². The molecule has 0 aromatic carbocycles. The van der Waals surface area contributed by atoms with Crippen molar-refractivity contribution in [3.05, 3.63) is 17.7 Å². The van der Waals surface area contributed by atoms with E-state index >= 15 is 0 Å². The fourth-order valence-electron chi connectivity index (χ4n) is 1.24. The maximum atomic E-state index is 11.4. The molecule has 1 rings (SSSR count). The SMILES string of the molecule is CCOC(=O)c1ncn(CC(C)=O)c1C. The number of rotatable bonds is 4. The molecule has 0 aliphatic rings. The average Bonchev–Trinajstić information content (AvgIpc) is 2.48. The maximum Gasteiger partial charge on any atom is 0.358 e. The zero-order chi connectivity index (χ0) is 11.4. The van der Waals surface area contributed by atoms with Crippen molar-refractivity contribution in [3.8, 4) is 0 Å². The number of ether oxygens (including phenoxy) is 1. The summed E-state index contributed by atoms with van der Waals surface area (Å²) in [5.41, 5.74) is 0.932. The number of nitrogens with zero attached hydrogens (tertiary/aromatic N) is 2. The van der Waals surface area contributed by atoms with Gasteiger partial charge < -0.3 is 9.30 Å². The Bertz CT molecular complexity index is 382. The summed E-state index contributed by atoms with van der Waals surface area (Å²) in [6.45, 7) is 5.52. The summed E-state index contributed by atoms with van der Waals surface area (Å²) in [4.78, 5) is 26.2. The molecule has 0 saturated heterocycles. The van der Waals surface area contributed by atoms with E-state index in [4.69, 9.17) is 4.74 Å². The third-order valence-electron chi connectivity index (χ3n) is 1.96. The second kappa shape index (κ2) is 4.72. The Kier molecular flexibility index (Phi) is 3.60. The molecule has 1 heterocycles. The molecule has 0 spiro atoms. The van der Waals surface area contributed by atoms with E-state index in [2.05, 4.69) is 4.98 Å². The van der Waals surface area contributed by atoms with E-state index < -0.39 is 5.97 Å². The lowest BCUT2D eigenvalue weighted by Crippen LogP contribution is -2.10. The number of hydrogen-bond donors (Lipinski definition) is 0. The molecule has 0 fully saturated rings. The first kappa shape index (κ1) is 11.4. The van der Waals surface area contributed by atoms with E-state index in [0.717, 1.165) is 0 Å². The smallest absolute Gasteiger partial charge is 0.358 e. The second-order valence-corrected chi connectivity index (χ2v) is 3.23. The lowest BCUT2D eigenvalue weighted by Gasteiger charge is -2.02. The van der Waals surface area contributed by atoms with Crippen molar-refractivity contribution in [1.82, 2.24) is 9.55 Å². The highest BCUT2D eigenvalue weighted by Gasteiger charge is 2.15. The van der Waals surface area contributed by atoms with E-state index in [9.17, 15) is 9.59 Å². The van der Waals surface area contributed by atoms with Gasteiger partial charge in [-0.3, -0.25) is 4.79 Å². The molecule has 0 unspecified atom stereocenters. The van der Waals surface area contributed by atoms with E-state index in [0.29, 0.717) is 12.3 Å². The van der Waals surface area contributed by atoms with E-state index in [-0.39, 0.29) is 18.0 Å². The minimum absolute atomic E-state index is 0.0194. The van der Waals surface area contributed by atoms with Crippen LogP contribution in [0.5, 0.6) is 0 Å². The molecular formula is C10H14N2O3. The van der Waals surface area contributed by atoms with Gasteiger partial charge in [0.1, 0.15) is 5.78 Å². The second-order valence-electron chi connectivity index (χ2n) is 3.23. The fourth-order valence-corrected chi connectivity index (χ4v) is 1.24. The standard InChI is InChI=1S/C10H14N2O3/c1-4-15-10(14)9-8(3)12(6-11-9)5-7(2)13/h6H,4-5H2,1-3H3. The number of carbonyl (C=O) groups excluding carboxylic acids is 2. The summed E-state index contributed by atoms with van der Waals surface area (Å²) in [5, 5.41) is 0. The van der Waals surface area contributed by atoms with Gasteiger partial charge >= 0.3 is 5.97 Å². The Morgan fingerprint density at radius 2 is 2.20 bits per heavy atom. The summed E-state index contributed by atoms with van der Waals surface area (Å²) in [7, 11) is 0. The number of ketones is 1. The van der Waals surface area contributed by atoms with Crippen molar-refractivity contribution >= 4 is 11.8 Å². The van der Waals surface area contributed by atoms with Crippen molar-refractivity contribution in [2.24, 2.45) is 0 Å². The van der Waals surface area contributed by atoms with Gasteiger partial charge in [0, 0.05) is 5.69 Å². The van der Waals surface area contributed by atoms with Crippen LogP contribution in [0.2, 0.25) is 0 Å². The predicted octanol–water partition coefficient (Wildman–Crippen LogP) is 0.957. The van der Waals surface area contributed by atoms with E-state index in [1.54, 1.807) is 18.4 Å². The average molecular weight is 210 g/mol. The van der Waals surface area contributed by atoms with Gasteiger partial charge in [0.05, 0.1) is 19.5 Å². The van der Waals surface area contributed by atoms with Crippen LogP contribution in [-0.4, -0.2) is 27.9 Å². The number of imidazole rings is 1. The monoisotopic (exact) mass is 210 g/mol. The Morgan fingerprint density at radius 1 is 1.53 bits per heavy atom. The van der Waals surface area contributed by atoms with E-state index in [1.807, 2.05) is 0 Å². The first-order chi connectivity index (χ1) is 7.06. The van der Waals surface area contributed by atoms with Crippen molar-refractivity contribution in [3.63, 3.8) is 0 Å². The highest BCUT2D eigenvalue weighted by molar-refractivity contribution is 5.88. The van der Waals surface area contributed by atoms with Crippen LogP contribution in [0.1, 0.15) is 30.0 Å². The highest BCUT2D eigenvalue weighted by atomic mass is 16.5. The van der Waals surface area contributed by atoms with Crippen LogP contribution in [0, 0.1) is 6.92 Å². The first-order valence-electron chi connectivity index (χ1n) is 4.74. The number of esters is 1. The van der Waals surface area contributed by atoms with Crippen molar-refractivity contribution in [1.29, 1.82) is 0 Å². The Hall–Kier alpha value is -1.65. The Morgan fingerprint density at radius 3 is 2.73 bits per heavy atom. The van der Waals surface area contributed by atoms with Crippen molar-refractivity contribution < 1.29 is 14.3 Å². The molecule has 0 saturated carbocycles. The number of Topliss-reactive ketones (excluding diaryl/α,β-unsaturated/α-hetero) is 1. The summed E-state index contributed by atoms with van der Waals surface area (Å²) >= 11 is 0. The number of carbonyl (C=O) groups is 2. The molecule has 15 heavy (non-hydrogen) atoms. The van der Waals surface area contributed by atoms with Gasteiger partial charge in [-0.2, -0.15) is 0 Å². The van der Waals surface area contributed by atoms with Gasteiger partial charge in [-0.05, 0) is 20.8 Å². The lowest BCUT2D eigenvalue weighted by molar-refractivity contribution is -0.117. The quantitative estimate of drug-likeness (QED) is 0.694. The zero-order valence-electron chi connectivity index (χ0n) is 9.11. The normalized spacial score (nSPS) is 10.1. The molecule has 0 aliphatic carbocycles. The van der Waals surface area contributed by atoms with Crippen LogP contribution in [0.3, 0.4) is 0 Å². The topological polar surface area (TPSA) is 61.2 Å². The van der Waals surface area contributed by atoms with Crippen LogP contribution in [-0.2, 0) is 16.1 Å². The Balaban J connectivity index is 2.88. The summed E-state index contributed by atoms with van der Waals surface area (Å²) in [6.07, 6.45) is 1.48. The van der Waals surface area contributed by atoms with Gasteiger partial charge in [0.2, 0.25) is 0 Å². The van der Waals surface area contributed by atoms with Crippen LogP contribution < -0.4 is 0 Å². The van der Waals surface area contributed by atoms with Crippen molar-refractivity contribution in [2.45, 2.75) is 27.3 Å². The fraction of sp³-hybridized carbons (Fsp3) is 0.500. The minimum Gasteiger partial charge on any atom is -0.461 e. The molecule has 0 N–H and O–H groups in total. The Labute approximate surface area is 88.1 Å². The molecule has 0 bridgehead atoms. The van der Waals surface area contributed by atoms with Gasteiger partial charge in [0.25, 0.3) is 0 Å². The predicted molar refractivity (Wildman–Crippen MR) is 53.6 cm³/mol. The summed E-state index contributed by atoms with van der Waals surface area (Å²) < 4.78 is 6.46. The van der Waals surface area contributed by atoms with Crippen LogP contribution in [0.15, 0.2) is 6.33 Å². The summed E-state index contributed by atoms with van der Waals surface area (Å²) in [5.74, 6) is -0.428. The number of hydrogen-bond acceptors (Lipinski definition) is 4. The van der Waals surface area contributed by atoms with E-state index in [1.165, 1.54) is 13.3 Å². The largest absolute Gasteiger partial charge is 0.461 e. The molecule has 0 radical (unpaired) electrons. The third-order valence-corrected chi connectivity index (χ3v) is 1.96. The third kappa shape index (κ3) is 2.65. The molecule has 5 heteroatoms. The molecule has 0 amide bonds. The molecule has 1 aromatic heterocycles. The van der Waals surface area contributed by atoms with Gasteiger partial charge in [-0.25, -0.2) is 9.78 Å². The molecule has 82 valence electrons.